The van der Waals surface area contributed by atoms with E-state index < -0.39 is 17.1 Å². The van der Waals surface area contributed by atoms with Gasteiger partial charge in [-0.1, -0.05) is 0 Å². The number of hydrogen-bond acceptors (Lipinski definition) is 6. The minimum absolute atomic E-state index is 0.183. The second-order valence-electron chi connectivity index (χ2n) is 5.95. The highest BCUT2D eigenvalue weighted by molar-refractivity contribution is 8.00. The van der Waals surface area contributed by atoms with E-state index in [1.807, 2.05) is 25.1 Å². The van der Waals surface area contributed by atoms with E-state index in [2.05, 4.69) is 16.9 Å². The van der Waals surface area contributed by atoms with Gasteiger partial charge in [0.05, 0.1) is 23.3 Å². The summed E-state index contributed by atoms with van der Waals surface area (Å²) in [5.41, 5.74) is 1.98. The first kappa shape index (κ1) is 20.6. The fourth-order valence-corrected chi connectivity index (χ4v) is 4.86. The van der Waals surface area contributed by atoms with Crippen molar-refractivity contribution in [1.29, 1.82) is 0 Å². The monoisotopic (exact) mass is 433 g/mol. The number of benzene rings is 2. The first-order valence-corrected chi connectivity index (χ1v) is 11.5. The lowest BCUT2D eigenvalue weighted by molar-refractivity contribution is 0.0696. The molecule has 146 valence electrons. The molecule has 2 aromatic carbocycles. The Morgan fingerprint density at radius 2 is 2.00 bits per heavy atom. The van der Waals surface area contributed by atoms with Crippen LogP contribution >= 0.6 is 23.3 Å². The summed E-state index contributed by atoms with van der Waals surface area (Å²) in [4.78, 5) is 14.9. The van der Waals surface area contributed by atoms with Crippen molar-refractivity contribution in [2.45, 2.75) is 16.7 Å². The number of carboxylic acids is 1. The van der Waals surface area contributed by atoms with Crippen molar-refractivity contribution in [2.24, 2.45) is 0 Å². The summed E-state index contributed by atoms with van der Waals surface area (Å²) in [5.74, 6) is -0.422. The fourth-order valence-electron chi connectivity index (χ4n) is 2.58. The van der Waals surface area contributed by atoms with Crippen LogP contribution in [0.5, 0.6) is 5.75 Å². The molecule has 0 aliphatic carbocycles. The van der Waals surface area contributed by atoms with E-state index in [0.717, 1.165) is 16.1 Å². The highest BCUT2D eigenvalue weighted by atomic mass is 32.2. The van der Waals surface area contributed by atoms with Crippen LogP contribution in [0.25, 0.3) is 10.4 Å². The summed E-state index contributed by atoms with van der Waals surface area (Å²) in [7, 11) is 1.54. The molecule has 1 atom stereocenters. The number of aryl methyl sites for hydroxylation is 1. The van der Waals surface area contributed by atoms with E-state index >= 15 is 0 Å². The van der Waals surface area contributed by atoms with E-state index in [1.54, 1.807) is 36.8 Å². The van der Waals surface area contributed by atoms with Gasteiger partial charge in [-0.05, 0) is 72.5 Å². The Labute approximate surface area is 175 Å². The Morgan fingerprint density at radius 1 is 1.21 bits per heavy atom. The molecule has 0 amide bonds. The van der Waals surface area contributed by atoms with Crippen LogP contribution in [0.4, 0.5) is 5.69 Å². The number of ether oxygens (including phenoxy) is 1. The number of nitrogens with one attached hydrogen (secondary N) is 1. The van der Waals surface area contributed by atoms with E-state index in [-0.39, 0.29) is 5.56 Å². The lowest BCUT2D eigenvalue weighted by atomic mass is 10.1. The molecule has 0 radical (unpaired) electrons. The highest BCUT2D eigenvalue weighted by Crippen LogP contribution is 2.38. The molecule has 0 saturated heterocycles. The van der Waals surface area contributed by atoms with Crippen LogP contribution in [0.1, 0.15) is 15.2 Å². The molecular formula is C20H19NO4S3. The summed E-state index contributed by atoms with van der Waals surface area (Å²) >= 11 is 1.83. The third kappa shape index (κ3) is 4.64. The number of hydrogen-bond donors (Lipinski definition) is 2. The summed E-state index contributed by atoms with van der Waals surface area (Å²) in [5, 5.41) is 9.25. The van der Waals surface area contributed by atoms with Gasteiger partial charge in [0.2, 0.25) is 0 Å². The molecule has 1 unspecified atom stereocenters. The number of anilines is 1. The molecule has 3 aromatic rings. The van der Waals surface area contributed by atoms with Crippen molar-refractivity contribution < 1.29 is 19.2 Å². The van der Waals surface area contributed by atoms with E-state index in [4.69, 9.17) is 4.74 Å². The molecule has 8 heteroatoms. The maximum absolute atomic E-state index is 11.9. The Morgan fingerprint density at radius 3 is 2.61 bits per heavy atom. The Bertz CT molecular complexity index is 1000. The van der Waals surface area contributed by atoms with E-state index in [1.165, 1.54) is 22.9 Å². The van der Waals surface area contributed by atoms with Gasteiger partial charge in [-0.15, -0.1) is 11.3 Å². The van der Waals surface area contributed by atoms with Gasteiger partial charge >= 0.3 is 5.97 Å². The van der Waals surface area contributed by atoms with Crippen LogP contribution in [0.2, 0.25) is 0 Å². The van der Waals surface area contributed by atoms with Gasteiger partial charge in [-0.2, -0.15) is 0 Å². The molecule has 0 saturated carbocycles. The summed E-state index contributed by atoms with van der Waals surface area (Å²) in [6, 6.07) is 14.5. The molecule has 0 bridgehead atoms. The number of aromatic carboxylic acids is 1. The average Bonchev–Trinajstić information content (AvgIpc) is 3.11. The highest BCUT2D eigenvalue weighted by Gasteiger charge is 2.15. The van der Waals surface area contributed by atoms with Crippen molar-refractivity contribution in [1.82, 2.24) is 0 Å². The minimum Gasteiger partial charge on any atom is -0.612 e. The van der Waals surface area contributed by atoms with Gasteiger partial charge < -0.3 is 19.1 Å². The predicted molar refractivity (Wildman–Crippen MR) is 116 cm³/mol. The maximum Gasteiger partial charge on any atom is 0.335 e. The molecule has 0 aliphatic heterocycles. The number of carbonyl (C=O) groups is 1. The number of methoxy groups -OCH3 is 1. The third-order valence-electron chi connectivity index (χ3n) is 4.01. The topological polar surface area (TPSA) is 81.6 Å². The quantitative estimate of drug-likeness (QED) is 0.389. The second kappa shape index (κ2) is 8.91. The van der Waals surface area contributed by atoms with Crippen molar-refractivity contribution in [3.63, 3.8) is 0 Å². The standard InChI is InChI=1S/C20H19NO4S3/c1-12-4-9-18(26-12)15-7-6-14(28(3)24)11-16(15)21-27-19-10-13(20(22)23)5-8-17(19)25-2/h4-11,21H,1-3H3,(H,22,23). The zero-order valence-electron chi connectivity index (χ0n) is 15.5. The molecule has 5 nitrogen and oxygen atoms in total. The predicted octanol–water partition coefficient (Wildman–Crippen LogP) is 5.29. The number of thiophene rings is 1. The molecule has 28 heavy (non-hydrogen) atoms. The van der Waals surface area contributed by atoms with Crippen molar-refractivity contribution in [2.75, 3.05) is 18.1 Å². The SMILES string of the molecule is COc1ccc(C(=O)O)cc1SNc1cc([S+](C)[O-])ccc1-c1ccc(C)s1. The molecule has 1 heterocycles. The van der Waals surface area contributed by atoms with Gasteiger partial charge in [0.25, 0.3) is 0 Å². The minimum atomic E-state index is -1.11. The molecule has 0 fully saturated rings. The van der Waals surface area contributed by atoms with Gasteiger partial charge in [-0.25, -0.2) is 4.79 Å². The number of rotatable bonds is 7. The first-order valence-electron chi connectivity index (χ1n) is 8.27. The molecule has 2 N–H and O–H groups in total. The average molecular weight is 434 g/mol. The number of carboxylic acid groups (broad SMARTS) is 1. The molecule has 0 spiro atoms. The Balaban J connectivity index is 1.96. The molecular weight excluding hydrogens is 414 g/mol. The molecule has 3 rings (SSSR count). The van der Waals surface area contributed by atoms with Crippen LogP contribution < -0.4 is 9.46 Å². The smallest absolute Gasteiger partial charge is 0.335 e. The molecule has 0 aliphatic rings. The summed E-state index contributed by atoms with van der Waals surface area (Å²) in [6.45, 7) is 2.05. The van der Waals surface area contributed by atoms with Crippen molar-refractivity contribution in [3.8, 4) is 16.2 Å². The lowest BCUT2D eigenvalue weighted by Gasteiger charge is -2.14. The van der Waals surface area contributed by atoms with E-state index in [0.29, 0.717) is 15.5 Å². The van der Waals surface area contributed by atoms with Gasteiger partial charge in [0, 0.05) is 21.4 Å². The van der Waals surface area contributed by atoms with Gasteiger partial charge in [0.1, 0.15) is 12.0 Å². The van der Waals surface area contributed by atoms with Crippen molar-refractivity contribution >= 4 is 46.1 Å². The maximum atomic E-state index is 11.9. The zero-order chi connectivity index (χ0) is 20.3. The van der Waals surface area contributed by atoms with Crippen LogP contribution in [0.15, 0.2) is 58.3 Å². The van der Waals surface area contributed by atoms with Gasteiger partial charge in [0.15, 0.2) is 4.90 Å². The summed E-state index contributed by atoms with van der Waals surface area (Å²) in [6.07, 6.45) is 1.64. The van der Waals surface area contributed by atoms with E-state index in [9.17, 15) is 14.5 Å². The second-order valence-corrected chi connectivity index (χ2v) is 9.46. The largest absolute Gasteiger partial charge is 0.612 e. The normalized spacial score (nSPS) is 11.9. The van der Waals surface area contributed by atoms with Gasteiger partial charge in [-0.3, -0.25) is 0 Å². The zero-order valence-corrected chi connectivity index (χ0v) is 18.0. The Kier molecular flexibility index (Phi) is 6.56. The van der Waals surface area contributed by atoms with Crippen LogP contribution in [0.3, 0.4) is 0 Å². The fraction of sp³-hybridized carbons (Fsp3) is 0.150. The van der Waals surface area contributed by atoms with Crippen LogP contribution in [0, 0.1) is 6.92 Å². The van der Waals surface area contributed by atoms with Crippen LogP contribution in [-0.4, -0.2) is 29.0 Å². The van der Waals surface area contributed by atoms with Crippen molar-refractivity contribution in [3.05, 3.63) is 59.0 Å². The lowest BCUT2D eigenvalue weighted by Crippen LogP contribution is -2.00. The molecule has 1 aromatic heterocycles. The first-order chi connectivity index (χ1) is 13.4. The Hall–Kier alpha value is -2.13. The summed E-state index contributed by atoms with van der Waals surface area (Å²) < 4.78 is 20.6. The third-order valence-corrected chi connectivity index (χ3v) is 6.82. The van der Waals surface area contributed by atoms with Crippen LogP contribution in [-0.2, 0) is 11.2 Å².